The Balaban J connectivity index is 3.82. The molecule has 0 amide bonds. The van der Waals surface area contributed by atoms with Crippen molar-refractivity contribution in [1.82, 2.24) is 16.0 Å². The minimum atomic E-state index is -0.194. The number of hydrogen-bond acceptors (Lipinski definition) is 3. The maximum Gasteiger partial charge on any atom is 0.122 e. The van der Waals surface area contributed by atoms with Crippen molar-refractivity contribution in [2.24, 2.45) is 0 Å². The van der Waals surface area contributed by atoms with Crippen LogP contribution < -0.4 is 16.0 Å². The maximum absolute atomic E-state index is 3.78. The Hall–Kier alpha value is -0.120. The van der Waals surface area contributed by atoms with Gasteiger partial charge in [-0.15, -0.1) is 0 Å². The molecule has 3 N–H and O–H groups in total. The molecule has 55 valence electrons. The Morgan fingerprint density at radius 1 is 1.11 bits per heavy atom. The standard InChI is InChI=1S/C6H16N3/c1-5-6(7-2,8-3)9-4/h7-9H,1,5H2,2-4H3. The second kappa shape index (κ2) is 3.82. The van der Waals surface area contributed by atoms with Crippen molar-refractivity contribution in [3.8, 4) is 0 Å². The molecule has 0 saturated carbocycles. The summed E-state index contributed by atoms with van der Waals surface area (Å²) in [6.45, 7) is 3.78. The second-order valence-corrected chi connectivity index (χ2v) is 1.91. The van der Waals surface area contributed by atoms with Crippen LogP contribution in [0.2, 0.25) is 0 Å². The first-order chi connectivity index (χ1) is 4.24. The van der Waals surface area contributed by atoms with Crippen molar-refractivity contribution in [2.45, 2.75) is 12.2 Å². The first-order valence-electron chi connectivity index (χ1n) is 3.10. The van der Waals surface area contributed by atoms with Gasteiger partial charge in [-0.2, -0.15) is 0 Å². The van der Waals surface area contributed by atoms with Crippen molar-refractivity contribution in [1.29, 1.82) is 0 Å². The molecule has 3 heteroatoms. The van der Waals surface area contributed by atoms with E-state index in [4.69, 9.17) is 0 Å². The first kappa shape index (κ1) is 8.88. The van der Waals surface area contributed by atoms with Crippen LogP contribution in [-0.2, 0) is 0 Å². The molecule has 0 aliphatic heterocycles. The Morgan fingerprint density at radius 2 is 1.44 bits per heavy atom. The highest BCUT2D eigenvalue weighted by Gasteiger charge is 2.19. The average molecular weight is 130 g/mol. The lowest BCUT2D eigenvalue weighted by molar-refractivity contribution is 0.248. The summed E-state index contributed by atoms with van der Waals surface area (Å²) < 4.78 is 0. The number of nitrogens with one attached hydrogen (secondary N) is 3. The molecule has 9 heavy (non-hydrogen) atoms. The van der Waals surface area contributed by atoms with Crippen LogP contribution in [0.1, 0.15) is 6.42 Å². The van der Waals surface area contributed by atoms with Crippen LogP contribution in [0.3, 0.4) is 0 Å². The zero-order valence-corrected chi connectivity index (χ0v) is 6.41. The van der Waals surface area contributed by atoms with Gasteiger partial charge in [0.2, 0.25) is 0 Å². The molecule has 0 saturated heterocycles. The van der Waals surface area contributed by atoms with Gasteiger partial charge in [-0.1, -0.05) is 0 Å². The van der Waals surface area contributed by atoms with E-state index >= 15 is 0 Å². The van der Waals surface area contributed by atoms with Gasteiger partial charge in [-0.05, 0) is 34.5 Å². The lowest BCUT2D eigenvalue weighted by Gasteiger charge is -2.31. The summed E-state index contributed by atoms with van der Waals surface area (Å²) in [5, 5.41) is 9.24. The van der Waals surface area contributed by atoms with Gasteiger partial charge >= 0.3 is 0 Å². The lowest BCUT2D eigenvalue weighted by atomic mass is 10.2. The summed E-state index contributed by atoms with van der Waals surface area (Å²) in [6, 6.07) is 0. The molecule has 0 aliphatic rings. The zero-order chi connectivity index (χ0) is 7.33. The van der Waals surface area contributed by atoms with E-state index in [0.29, 0.717) is 0 Å². The Kier molecular flexibility index (Phi) is 3.77. The molecule has 0 aromatic rings. The molecule has 3 nitrogen and oxygen atoms in total. The van der Waals surface area contributed by atoms with Crippen LogP contribution >= 0.6 is 0 Å². The van der Waals surface area contributed by atoms with Crippen LogP contribution in [0.5, 0.6) is 0 Å². The molecule has 0 rings (SSSR count). The molecule has 0 fully saturated rings. The van der Waals surface area contributed by atoms with E-state index < -0.39 is 0 Å². The van der Waals surface area contributed by atoms with Gasteiger partial charge in [0.15, 0.2) is 0 Å². The van der Waals surface area contributed by atoms with Gasteiger partial charge < -0.3 is 0 Å². The minimum absolute atomic E-state index is 0.194. The van der Waals surface area contributed by atoms with Gasteiger partial charge in [0.05, 0.1) is 0 Å². The maximum atomic E-state index is 3.78. The zero-order valence-electron chi connectivity index (χ0n) is 6.41. The predicted octanol–water partition coefficient (Wildman–Crippen LogP) is -0.477. The lowest BCUT2D eigenvalue weighted by Crippen LogP contribution is -2.62. The van der Waals surface area contributed by atoms with Gasteiger partial charge in [0, 0.05) is 0 Å². The minimum Gasteiger partial charge on any atom is -0.290 e. The summed E-state index contributed by atoms with van der Waals surface area (Å²) in [5.74, 6) is -0.194. The summed E-state index contributed by atoms with van der Waals surface area (Å²) >= 11 is 0. The topological polar surface area (TPSA) is 36.1 Å². The van der Waals surface area contributed by atoms with Crippen LogP contribution in [0, 0.1) is 6.92 Å². The molecule has 0 atom stereocenters. The highest BCUT2D eigenvalue weighted by atomic mass is 15.3. The molecular formula is C6H16N3. The molecule has 0 aliphatic carbocycles. The van der Waals surface area contributed by atoms with E-state index in [1.165, 1.54) is 0 Å². The van der Waals surface area contributed by atoms with E-state index in [1.54, 1.807) is 0 Å². The molecular weight excluding hydrogens is 114 g/mol. The second-order valence-electron chi connectivity index (χ2n) is 1.91. The molecule has 0 spiro atoms. The summed E-state index contributed by atoms with van der Waals surface area (Å²) in [7, 11) is 5.66. The van der Waals surface area contributed by atoms with Gasteiger partial charge in [-0.25, -0.2) is 0 Å². The van der Waals surface area contributed by atoms with Crippen molar-refractivity contribution in [2.75, 3.05) is 21.1 Å². The van der Waals surface area contributed by atoms with Crippen molar-refractivity contribution < 1.29 is 0 Å². The Morgan fingerprint density at radius 3 is 1.44 bits per heavy atom. The van der Waals surface area contributed by atoms with Crippen LogP contribution in [-0.4, -0.2) is 26.9 Å². The van der Waals surface area contributed by atoms with E-state index in [9.17, 15) is 0 Å². The smallest absolute Gasteiger partial charge is 0.122 e. The van der Waals surface area contributed by atoms with Gasteiger partial charge in [-0.3, -0.25) is 16.0 Å². The van der Waals surface area contributed by atoms with Crippen molar-refractivity contribution in [3.05, 3.63) is 6.92 Å². The highest BCUT2D eigenvalue weighted by molar-refractivity contribution is 4.78. The fourth-order valence-electron chi connectivity index (χ4n) is 0.750. The van der Waals surface area contributed by atoms with Gasteiger partial charge in [0.1, 0.15) is 5.79 Å². The summed E-state index contributed by atoms with van der Waals surface area (Å²) in [4.78, 5) is 0. The highest BCUT2D eigenvalue weighted by Crippen LogP contribution is 1.95. The van der Waals surface area contributed by atoms with Crippen LogP contribution in [0.25, 0.3) is 0 Å². The van der Waals surface area contributed by atoms with Crippen molar-refractivity contribution >= 4 is 0 Å². The number of rotatable bonds is 4. The third kappa shape index (κ3) is 1.93. The monoisotopic (exact) mass is 130 g/mol. The summed E-state index contributed by atoms with van der Waals surface area (Å²) in [6.07, 6.45) is 0.760. The molecule has 0 heterocycles. The first-order valence-corrected chi connectivity index (χ1v) is 3.10. The SMILES string of the molecule is [CH2]CC(NC)(NC)NC. The van der Waals surface area contributed by atoms with Gasteiger partial charge in [0.25, 0.3) is 0 Å². The molecule has 0 aromatic carbocycles. The van der Waals surface area contributed by atoms with E-state index in [0.717, 1.165) is 6.42 Å². The summed E-state index contributed by atoms with van der Waals surface area (Å²) in [5.41, 5.74) is 0. The quantitative estimate of drug-likeness (QED) is 0.450. The Labute approximate surface area is 57.2 Å². The third-order valence-corrected chi connectivity index (χ3v) is 1.66. The normalized spacial score (nSPS) is 12.0. The predicted molar refractivity (Wildman–Crippen MR) is 39.9 cm³/mol. The third-order valence-electron chi connectivity index (χ3n) is 1.66. The Bertz CT molecular complexity index is 51.2. The largest absolute Gasteiger partial charge is 0.290 e. The molecule has 1 radical (unpaired) electrons. The van der Waals surface area contributed by atoms with Crippen LogP contribution in [0.15, 0.2) is 0 Å². The van der Waals surface area contributed by atoms with E-state index in [2.05, 4.69) is 22.9 Å². The fourth-order valence-corrected chi connectivity index (χ4v) is 0.750. The number of hydrogen-bond donors (Lipinski definition) is 3. The van der Waals surface area contributed by atoms with Crippen LogP contribution in [0.4, 0.5) is 0 Å². The average Bonchev–Trinajstić information content (AvgIpc) is 1.95. The van der Waals surface area contributed by atoms with E-state index in [1.807, 2.05) is 21.1 Å². The van der Waals surface area contributed by atoms with E-state index in [-0.39, 0.29) is 5.79 Å². The molecule has 0 aromatic heterocycles. The fraction of sp³-hybridized carbons (Fsp3) is 0.833. The van der Waals surface area contributed by atoms with Crippen molar-refractivity contribution in [3.63, 3.8) is 0 Å². The molecule has 0 bridgehead atoms. The molecule has 0 unspecified atom stereocenters.